The van der Waals surface area contributed by atoms with Gasteiger partial charge in [-0.1, -0.05) is 49.4 Å². The Bertz CT molecular complexity index is 562. The number of fused-ring (bicyclic) bond motifs is 1. The molecule has 3 aliphatic rings. The van der Waals surface area contributed by atoms with Gasteiger partial charge in [0.25, 0.3) is 0 Å². The molecular formula is C22H35Cl3N2. The Balaban J connectivity index is 0.00000131. The zero-order chi connectivity index (χ0) is 17.1. The molecule has 0 spiro atoms. The normalized spacial score (nSPS) is 29.7. The van der Waals surface area contributed by atoms with Gasteiger partial charge in [0.1, 0.15) is 0 Å². The van der Waals surface area contributed by atoms with Gasteiger partial charge in [-0.3, -0.25) is 0 Å². The Labute approximate surface area is 182 Å². The number of rotatable bonds is 4. The molecule has 0 radical (unpaired) electrons. The molecule has 0 bridgehead atoms. The number of hydrogen-bond donors (Lipinski definition) is 1. The number of nitrogens with zero attached hydrogens (tertiary/aromatic N) is 1. The first-order chi connectivity index (χ1) is 12.3. The molecule has 1 aliphatic heterocycles. The molecule has 1 aromatic carbocycles. The number of piperazine rings is 1. The molecule has 4 atom stereocenters. The van der Waals surface area contributed by atoms with Crippen LogP contribution >= 0.6 is 36.4 Å². The Hall–Kier alpha value is 0.01000. The van der Waals surface area contributed by atoms with Crippen LogP contribution in [0.1, 0.15) is 56.4 Å². The highest BCUT2D eigenvalue weighted by atomic mass is 35.5. The smallest absolute Gasteiger partial charge is 0.0408 e. The lowest BCUT2D eigenvalue weighted by Gasteiger charge is -2.43. The quantitative estimate of drug-likeness (QED) is 0.647. The van der Waals surface area contributed by atoms with Gasteiger partial charge in [0.2, 0.25) is 0 Å². The van der Waals surface area contributed by atoms with Gasteiger partial charge in [-0.25, -0.2) is 0 Å². The van der Waals surface area contributed by atoms with Crippen molar-refractivity contribution in [3.05, 3.63) is 34.9 Å². The van der Waals surface area contributed by atoms with Crippen molar-refractivity contribution in [2.75, 3.05) is 32.7 Å². The molecule has 1 saturated heterocycles. The van der Waals surface area contributed by atoms with Gasteiger partial charge >= 0.3 is 0 Å². The first-order valence-corrected chi connectivity index (χ1v) is 10.9. The Morgan fingerprint density at radius 2 is 1.74 bits per heavy atom. The zero-order valence-electron chi connectivity index (χ0n) is 16.2. The van der Waals surface area contributed by atoms with Crippen molar-refractivity contribution in [3.63, 3.8) is 0 Å². The Morgan fingerprint density at radius 3 is 2.48 bits per heavy atom. The van der Waals surface area contributed by atoms with Crippen molar-refractivity contribution < 1.29 is 0 Å². The summed E-state index contributed by atoms with van der Waals surface area (Å²) in [6, 6.07) is 8.73. The summed E-state index contributed by atoms with van der Waals surface area (Å²) in [7, 11) is 0. The summed E-state index contributed by atoms with van der Waals surface area (Å²) < 4.78 is 0. The van der Waals surface area contributed by atoms with Crippen LogP contribution in [0.25, 0.3) is 0 Å². The van der Waals surface area contributed by atoms with Crippen molar-refractivity contribution in [1.29, 1.82) is 0 Å². The number of benzene rings is 1. The van der Waals surface area contributed by atoms with Gasteiger partial charge in [0, 0.05) is 37.7 Å². The van der Waals surface area contributed by atoms with E-state index in [4.69, 9.17) is 11.6 Å². The van der Waals surface area contributed by atoms with Crippen molar-refractivity contribution in [3.8, 4) is 0 Å². The molecule has 154 valence electrons. The lowest BCUT2D eigenvalue weighted by atomic mass is 9.64. The van der Waals surface area contributed by atoms with E-state index in [9.17, 15) is 0 Å². The van der Waals surface area contributed by atoms with Crippen molar-refractivity contribution in [2.45, 2.75) is 50.9 Å². The molecule has 2 aliphatic carbocycles. The minimum atomic E-state index is 0. The Morgan fingerprint density at radius 1 is 1.00 bits per heavy atom. The first kappa shape index (κ1) is 23.3. The highest BCUT2D eigenvalue weighted by molar-refractivity contribution is 6.30. The summed E-state index contributed by atoms with van der Waals surface area (Å²) >= 11 is 6.36. The Kier molecular flexibility index (Phi) is 9.71. The minimum Gasteiger partial charge on any atom is -0.314 e. The van der Waals surface area contributed by atoms with E-state index in [0.29, 0.717) is 5.92 Å². The minimum absolute atomic E-state index is 0. The molecule has 1 heterocycles. The van der Waals surface area contributed by atoms with Gasteiger partial charge in [0.05, 0.1) is 0 Å². The average Bonchev–Trinajstić information content (AvgIpc) is 2.66. The highest BCUT2D eigenvalue weighted by Gasteiger charge is 2.36. The van der Waals surface area contributed by atoms with Crippen LogP contribution < -0.4 is 5.32 Å². The predicted octanol–water partition coefficient (Wildman–Crippen LogP) is 5.78. The van der Waals surface area contributed by atoms with E-state index in [2.05, 4.69) is 28.4 Å². The maximum atomic E-state index is 6.36. The van der Waals surface area contributed by atoms with E-state index in [1.807, 2.05) is 6.07 Å². The summed E-state index contributed by atoms with van der Waals surface area (Å²) in [4.78, 5) is 2.68. The predicted molar refractivity (Wildman–Crippen MR) is 121 cm³/mol. The van der Waals surface area contributed by atoms with E-state index < -0.39 is 0 Å². The lowest BCUT2D eigenvalue weighted by molar-refractivity contribution is 0.102. The van der Waals surface area contributed by atoms with Crippen molar-refractivity contribution >= 4 is 36.4 Å². The second kappa shape index (κ2) is 11.3. The molecule has 1 N–H and O–H groups in total. The monoisotopic (exact) mass is 432 g/mol. The summed E-state index contributed by atoms with van der Waals surface area (Å²) in [5, 5.41) is 4.39. The van der Waals surface area contributed by atoms with Crippen LogP contribution in [0, 0.1) is 17.8 Å². The van der Waals surface area contributed by atoms with Crippen molar-refractivity contribution in [2.24, 2.45) is 17.8 Å². The number of nitrogens with one attached hydrogen (secondary N) is 1. The zero-order valence-corrected chi connectivity index (χ0v) is 18.6. The lowest BCUT2D eigenvalue weighted by Crippen LogP contribution is -2.46. The molecule has 3 fully saturated rings. The highest BCUT2D eigenvalue weighted by Crippen LogP contribution is 2.47. The third-order valence-corrected chi connectivity index (χ3v) is 7.33. The molecule has 0 aromatic heterocycles. The fourth-order valence-electron chi connectivity index (χ4n) is 5.71. The van der Waals surface area contributed by atoms with Crippen LogP contribution in [-0.4, -0.2) is 37.6 Å². The fourth-order valence-corrected chi connectivity index (χ4v) is 5.91. The third-order valence-electron chi connectivity index (χ3n) is 7.09. The van der Waals surface area contributed by atoms with E-state index in [0.717, 1.165) is 35.9 Å². The van der Waals surface area contributed by atoms with Gasteiger partial charge in [-0.05, 0) is 60.6 Å². The molecular weight excluding hydrogens is 399 g/mol. The van der Waals surface area contributed by atoms with Gasteiger partial charge < -0.3 is 10.2 Å². The van der Waals surface area contributed by atoms with Crippen LogP contribution in [-0.2, 0) is 0 Å². The molecule has 4 rings (SSSR count). The molecule has 27 heavy (non-hydrogen) atoms. The molecule has 5 heteroatoms. The topological polar surface area (TPSA) is 15.3 Å². The largest absolute Gasteiger partial charge is 0.314 e. The number of halogens is 3. The van der Waals surface area contributed by atoms with Crippen LogP contribution in [0.3, 0.4) is 0 Å². The molecule has 2 saturated carbocycles. The molecule has 0 amide bonds. The van der Waals surface area contributed by atoms with E-state index in [1.54, 1.807) is 0 Å². The van der Waals surface area contributed by atoms with E-state index in [-0.39, 0.29) is 24.8 Å². The van der Waals surface area contributed by atoms with Crippen LogP contribution in [0.2, 0.25) is 5.02 Å². The van der Waals surface area contributed by atoms with Gasteiger partial charge in [0.15, 0.2) is 0 Å². The molecule has 4 unspecified atom stereocenters. The second-order valence-electron chi connectivity index (χ2n) is 8.59. The third kappa shape index (κ3) is 6.00. The maximum Gasteiger partial charge on any atom is 0.0408 e. The average molecular weight is 434 g/mol. The molecule has 1 aromatic rings. The maximum absolute atomic E-state index is 6.36. The van der Waals surface area contributed by atoms with Gasteiger partial charge in [-0.15, -0.1) is 24.8 Å². The van der Waals surface area contributed by atoms with Crippen molar-refractivity contribution in [1.82, 2.24) is 10.2 Å². The second-order valence-corrected chi connectivity index (χ2v) is 9.03. The number of hydrogen-bond acceptors (Lipinski definition) is 2. The fraction of sp³-hybridized carbons (Fsp3) is 0.727. The van der Waals surface area contributed by atoms with E-state index >= 15 is 0 Å². The summed E-state index contributed by atoms with van der Waals surface area (Å²) in [6.07, 6.45) is 10.3. The standard InChI is InChI=1S/C22H33ClN2.2ClH/c23-21-7-3-6-19(15-21)22(16-25-12-10-24-11-13-25)20-9-8-17-4-1-2-5-18(17)14-20;;/h3,6-7,15,17-18,20,22,24H,1-2,4-5,8-14,16H2;2*1H. The van der Waals surface area contributed by atoms with Crippen LogP contribution in [0.15, 0.2) is 24.3 Å². The van der Waals surface area contributed by atoms with E-state index in [1.165, 1.54) is 70.1 Å². The summed E-state index contributed by atoms with van der Waals surface area (Å²) in [5.41, 5.74) is 1.48. The SMILES string of the molecule is Cl.Cl.Clc1cccc(C(CN2CCNCC2)C2CCC3CCCCC3C2)c1. The van der Waals surface area contributed by atoms with Crippen LogP contribution in [0.4, 0.5) is 0 Å². The summed E-state index contributed by atoms with van der Waals surface area (Å²) in [6.45, 7) is 5.87. The van der Waals surface area contributed by atoms with Crippen LogP contribution in [0.5, 0.6) is 0 Å². The van der Waals surface area contributed by atoms with Gasteiger partial charge in [-0.2, -0.15) is 0 Å². The summed E-state index contributed by atoms with van der Waals surface area (Å²) in [5.74, 6) is 3.52. The first-order valence-electron chi connectivity index (χ1n) is 10.5. The molecule has 2 nitrogen and oxygen atoms in total.